The number of hydrogen-bond acceptors (Lipinski definition) is 5. The van der Waals surface area contributed by atoms with Crippen molar-refractivity contribution in [3.8, 4) is 11.6 Å². The van der Waals surface area contributed by atoms with E-state index in [1.165, 1.54) is 0 Å². The Morgan fingerprint density at radius 2 is 2.00 bits per heavy atom. The van der Waals surface area contributed by atoms with Crippen LogP contribution in [0.25, 0.3) is 10.2 Å². The number of nitrogens with two attached hydrogens (primary N) is 1. The standard InChI is InChI=1S/C14H12ClN3OS/c1-7-5-9(15)3-4-11(7)19-12-10-6-8(2)20-13(10)18-14(16)17-12/h3-6H,1-2H3,(H2,16,17,18). The third kappa shape index (κ3) is 2.42. The maximum Gasteiger partial charge on any atom is 0.232 e. The van der Waals surface area contributed by atoms with Crippen molar-refractivity contribution in [2.45, 2.75) is 13.8 Å². The van der Waals surface area contributed by atoms with Crippen LogP contribution >= 0.6 is 22.9 Å². The molecule has 0 aliphatic rings. The quantitative estimate of drug-likeness (QED) is 0.765. The summed E-state index contributed by atoms with van der Waals surface area (Å²) < 4.78 is 5.89. The van der Waals surface area contributed by atoms with Crippen molar-refractivity contribution in [2.24, 2.45) is 0 Å². The zero-order chi connectivity index (χ0) is 14.3. The molecular formula is C14H12ClN3OS. The highest BCUT2D eigenvalue weighted by molar-refractivity contribution is 7.18. The molecule has 0 amide bonds. The molecule has 2 aromatic heterocycles. The molecule has 0 fully saturated rings. The first-order valence-corrected chi connectivity index (χ1v) is 7.20. The Balaban J connectivity index is 2.10. The van der Waals surface area contributed by atoms with Gasteiger partial charge in [0, 0.05) is 9.90 Å². The Bertz CT molecular complexity index is 800. The Morgan fingerprint density at radius 3 is 2.75 bits per heavy atom. The molecular weight excluding hydrogens is 294 g/mol. The maximum atomic E-state index is 5.94. The molecule has 0 bridgehead atoms. The molecule has 0 aliphatic heterocycles. The van der Waals surface area contributed by atoms with Crippen LogP contribution in [0, 0.1) is 13.8 Å². The third-order valence-corrected chi connectivity index (χ3v) is 4.02. The zero-order valence-electron chi connectivity index (χ0n) is 11.0. The minimum Gasteiger partial charge on any atom is -0.438 e. The second-order valence-corrected chi connectivity index (χ2v) is 6.15. The van der Waals surface area contributed by atoms with Crippen molar-refractivity contribution >= 4 is 39.1 Å². The zero-order valence-corrected chi connectivity index (χ0v) is 12.5. The van der Waals surface area contributed by atoms with Crippen LogP contribution in [0.15, 0.2) is 24.3 Å². The second-order valence-electron chi connectivity index (χ2n) is 4.47. The largest absolute Gasteiger partial charge is 0.438 e. The highest BCUT2D eigenvalue weighted by Gasteiger charge is 2.12. The van der Waals surface area contributed by atoms with Gasteiger partial charge in [0.05, 0.1) is 5.39 Å². The highest BCUT2D eigenvalue weighted by Crippen LogP contribution is 2.34. The Kier molecular flexibility index (Phi) is 3.23. The van der Waals surface area contributed by atoms with E-state index in [4.69, 9.17) is 22.1 Å². The predicted molar refractivity (Wildman–Crippen MR) is 82.8 cm³/mol. The summed E-state index contributed by atoms with van der Waals surface area (Å²) in [6, 6.07) is 7.45. The SMILES string of the molecule is Cc1cc2c(Oc3ccc(Cl)cc3C)nc(N)nc2s1. The molecule has 0 radical (unpaired) electrons. The average Bonchev–Trinajstić information content (AvgIpc) is 2.73. The lowest BCUT2D eigenvalue weighted by atomic mass is 10.2. The lowest BCUT2D eigenvalue weighted by molar-refractivity contribution is 0.466. The summed E-state index contributed by atoms with van der Waals surface area (Å²) in [6.45, 7) is 3.95. The van der Waals surface area contributed by atoms with Gasteiger partial charge in [-0.05, 0) is 43.7 Å². The van der Waals surface area contributed by atoms with Gasteiger partial charge in [0.2, 0.25) is 11.8 Å². The van der Waals surface area contributed by atoms with E-state index in [2.05, 4.69) is 9.97 Å². The van der Waals surface area contributed by atoms with Crippen molar-refractivity contribution in [3.63, 3.8) is 0 Å². The second kappa shape index (κ2) is 4.92. The number of fused-ring (bicyclic) bond motifs is 1. The van der Waals surface area contributed by atoms with Gasteiger partial charge in [-0.1, -0.05) is 11.6 Å². The molecule has 102 valence electrons. The van der Waals surface area contributed by atoms with Crippen molar-refractivity contribution in [2.75, 3.05) is 5.73 Å². The summed E-state index contributed by atoms with van der Waals surface area (Å²) in [6.07, 6.45) is 0. The van der Waals surface area contributed by atoms with Crippen LogP contribution in [0.5, 0.6) is 11.6 Å². The van der Waals surface area contributed by atoms with Gasteiger partial charge in [-0.2, -0.15) is 4.98 Å². The summed E-state index contributed by atoms with van der Waals surface area (Å²) in [5.41, 5.74) is 6.67. The normalized spacial score (nSPS) is 10.9. The summed E-state index contributed by atoms with van der Waals surface area (Å²) >= 11 is 7.51. The van der Waals surface area contributed by atoms with Crippen LogP contribution in [-0.2, 0) is 0 Å². The van der Waals surface area contributed by atoms with Gasteiger partial charge in [-0.25, -0.2) is 4.98 Å². The van der Waals surface area contributed by atoms with E-state index in [9.17, 15) is 0 Å². The smallest absolute Gasteiger partial charge is 0.232 e. The molecule has 6 heteroatoms. The number of aromatic nitrogens is 2. The number of aryl methyl sites for hydroxylation is 2. The summed E-state index contributed by atoms with van der Waals surface area (Å²) in [5, 5.41) is 1.55. The molecule has 0 aliphatic carbocycles. The highest BCUT2D eigenvalue weighted by atomic mass is 35.5. The van der Waals surface area contributed by atoms with E-state index in [0.717, 1.165) is 20.7 Å². The monoisotopic (exact) mass is 305 g/mol. The van der Waals surface area contributed by atoms with E-state index < -0.39 is 0 Å². The number of ether oxygens (including phenoxy) is 1. The molecule has 1 aromatic carbocycles. The van der Waals surface area contributed by atoms with Crippen LogP contribution in [-0.4, -0.2) is 9.97 Å². The average molecular weight is 306 g/mol. The number of thiophene rings is 1. The van der Waals surface area contributed by atoms with Gasteiger partial charge in [0.15, 0.2) is 0 Å². The van der Waals surface area contributed by atoms with Crippen LogP contribution < -0.4 is 10.5 Å². The van der Waals surface area contributed by atoms with Gasteiger partial charge in [-0.3, -0.25) is 0 Å². The van der Waals surface area contributed by atoms with E-state index in [1.54, 1.807) is 17.4 Å². The van der Waals surface area contributed by atoms with Crippen molar-refractivity contribution in [3.05, 3.63) is 39.7 Å². The first-order chi connectivity index (χ1) is 9.52. The number of hydrogen-bond donors (Lipinski definition) is 1. The Labute approximate surface area is 125 Å². The lowest BCUT2D eigenvalue weighted by Crippen LogP contribution is -1.97. The molecule has 0 saturated heterocycles. The molecule has 0 spiro atoms. The predicted octanol–water partition coefficient (Wildman–Crippen LogP) is 4.34. The minimum absolute atomic E-state index is 0.209. The molecule has 0 saturated carbocycles. The Morgan fingerprint density at radius 1 is 1.20 bits per heavy atom. The van der Waals surface area contributed by atoms with Gasteiger partial charge < -0.3 is 10.5 Å². The van der Waals surface area contributed by atoms with Crippen molar-refractivity contribution < 1.29 is 4.74 Å². The van der Waals surface area contributed by atoms with Gasteiger partial charge in [0.1, 0.15) is 10.6 Å². The van der Waals surface area contributed by atoms with E-state index >= 15 is 0 Å². The molecule has 4 nitrogen and oxygen atoms in total. The molecule has 2 N–H and O–H groups in total. The number of anilines is 1. The number of nitrogens with zero attached hydrogens (tertiary/aromatic N) is 2. The first-order valence-electron chi connectivity index (χ1n) is 6.00. The summed E-state index contributed by atoms with van der Waals surface area (Å²) in [5.74, 6) is 1.39. The molecule has 0 atom stereocenters. The number of rotatable bonds is 2. The van der Waals surface area contributed by atoms with Crippen molar-refractivity contribution in [1.29, 1.82) is 0 Å². The minimum atomic E-state index is 0.209. The number of nitrogen functional groups attached to an aromatic ring is 1. The summed E-state index contributed by atoms with van der Waals surface area (Å²) in [4.78, 5) is 10.4. The number of halogens is 1. The van der Waals surface area contributed by atoms with Crippen molar-refractivity contribution in [1.82, 2.24) is 9.97 Å². The third-order valence-electron chi connectivity index (χ3n) is 2.84. The molecule has 0 unspecified atom stereocenters. The fourth-order valence-corrected chi connectivity index (χ4v) is 3.04. The van der Waals surface area contributed by atoms with Crippen LogP contribution in [0.1, 0.15) is 10.4 Å². The maximum absolute atomic E-state index is 5.94. The van der Waals surface area contributed by atoms with Gasteiger partial charge in [-0.15, -0.1) is 11.3 Å². The number of benzene rings is 1. The van der Waals surface area contributed by atoms with Crippen LogP contribution in [0.2, 0.25) is 5.02 Å². The topological polar surface area (TPSA) is 61.0 Å². The summed E-state index contributed by atoms with van der Waals surface area (Å²) in [7, 11) is 0. The van der Waals surface area contributed by atoms with E-state index in [1.807, 2.05) is 32.0 Å². The lowest BCUT2D eigenvalue weighted by Gasteiger charge is -2.09. The van der Waals surface area contributed by atoms with E-state index in [0.29, 0.717) is 16.7 Å². The Hall–Kier alpha value is -1.85. The van der Waals surface area contributed by atoms with Gasteiger partial charge in [0.25, 0.3) is 0 Å². The van der Waals surface area contributed by atoms with E-state index in [-0.39, 0.29) is 5.95 Å². The first kappa shape index (κ1) is 13.1. The van der Waals surface area contributed by atoms with Crippen LogP contribution in [0.3, 0.4) is 0 Å². The fraction of sp³-hybridized carbons (Fsp3) is 0.143. The fourth-order valence-electron chi connectivity index (χ4n) is 1.94. The van der Waals surface area contributed by atoms with Gasteiger partial charge >= 0.3 is 0 Å². The molecule has 2 heterocycles. The molecule has 20 heavy (non-hydrogen) atoms. The molecule has 3 aromatic rings. The van der Waals surface area contributed by atoms with Crippen LogP contribution in [0.4, 0.5) is 5.95 Å². The molecule has 3 rings (SSSR count).